The molecule has 0 radical (unpaired) electrons. The maximum atomic E-state index is 5.88. The molecule has 0 saturated heterocycles. The van der Waals surface area contributed by atoms with Crippen LogP contribution in [0.25, 0.3) is 0 Å². The average molecular weight is 461 g/mol. The van der Waals surface area contributed by atoms with Crippen molar-refractivity contribution < 1.29 is 4.74 Å². The zero-order valence-electron chi connectivity index (χ0n) is 13.8. The molecule has 0 spiro atoms. The number of nitrogens with zero attached hydrogens (tertiary/aromatic N) is 2. The lowest BCUT2D eigenvalue weighted by atomic mass is 10.1. The van der Waals surface area contributed by atoms with Gasteiger partial charge in [-0.15, -0.1) is 24.0 Å². The molecule has 0 aliphatic heterocycles. The van der Waals surface area contributed by atoms with Crippen LogP contribution in [0.5, 0.6) is 5.88 Å². The molecule has 0 fully saturated rings. The van der Waals surface area contributed by atoms with Crippen molar-refractivity contribution in [3.63, 3.8) is 0 Å². The first-order valence-corrected chi connectivity index (χ1v) is 7.77. The van der Waals surface area contributed by atoms with E-state index < -0.39 is 0 Å². The minimum absolute atomic E-state index is 0. The highest BCUT2D eigenvalue weighted by Gasteiger charge is 2.01. The second-order valence-corrected chi connectivity index (χ2v) is 5.37. The fourth-order valence-corrected chi connectivity index (χ4v) is 2.18. The van der Waals surface area contributed by atoms with Crippen LogP contribution < -0.4 is 15.4 Å². The summed E-state index contributed by atoms with van der Waals surface area (Å²) in [7, 11) is 3.36. The molecule has 0 unspecified atom stereocenters. The predicted molar refractivity (Wildman–Crippen MR) is 110 cm³/mol. The van der Waals surface area contributed by atoms with Crippen molar-refractivity contribution in [2.24, 2.45) is 4.99 Å². The Labute approximate surface area is 164 Å². The molecule has 2 aromatic rings. The van der Waals surface area contributed by atoms with Gasteiger partial charge < -0.3 is 15.4 Å². The van der Waals surface area contributed by atoms with Crippen LogP contribution in [-0.4, -0.2) is 31.6 Å². The Hall–Kier alpha value is -1.54. The van der Waals surface area contributed by atoms with Gasteiger partial charge in [0.2, 0.25) is 5.88 Å². The van der Waals surface area contributed by atoms with E-state index in [1.165, 1.54) is 5.56 Å². The molecule has 2 rings (SSSR count). The molecule has 0 aliphatic carbocycles. The number of halogens is 2. The van der Waals surface area contributed by atoms with Gasteiger partial charge in [0.15, 0.2) is 5.96 Å². The summed E-state index contributed by atoms with van der Waals surface area (Å²) >= 11 is 5.88. The number of methoxy groups -OCH3 is 1. The largest absolute Gasteiger partial charge is 0.481 e. The maximum Gasteiger partial charge on any atom is 0.213 e. The standard InChI is InChI=1S/C17H21ClN4O.HI/c1-19-17(21-10-7-13-3-5-15(18)6-4-13)22-12-14-8-9-20-16(11-14)23-2;/h3-6,8-9,11H,7,10,12H2,1-2H3,(H2,19,21,22);1H. The number of benzene rings is 1. The van der Waals surface area contributed by atoms with Crippen LogP contribution in [0.4, 0.5) is 0 Å². The van der Waals surface area contributed by atoms with Crippen molar-refractivity contribution in [2.75, 3.05) is 20.7 Å². The molecule has 2 N–H and O–H groups in total. The molecule has 5 nitrogen and oxygen atoms in total. The molecule has 1 aromatic heterocycles. The third-order valence-electron chi connectivity index (χ3n) is 3.31. The van der Waals surface area contributed by atoms with Crippen molar-refractivity contribution >= 4 is 41.5 Å². The van der Waals surface area contributed by atoms with Crippen molar-refractivity contribution in [2.45, 2.75) is 13.0 Å². The molecule has 1 aromatic carbocycles. The van der Waals surface area contributed by atoms with Crippen LogP contribution >= 0.6 is 35.6 Å². The molecule has 0 saturated carbocycles. The zero-order valence-corrected chi connectivity index (χ0v) is 16.8. The first-order chi connectivity index (χ1) is 11.2. The van der Waals surface area contributed by atoms with E-state index in [-0.39, 0.29) is 24.0 Å². The fraction of sp³-hybridized carbons (Fsp3) is 0.294. The lowest BCUT2D eigenvalue weighted by Gasteiger charge is -2.12. The van der Waals surface area contributed by atoms with Gasteiger partial charge in [0.05, 0.1) is 7.11 Å². The Morgan fingerprint density at radius 1 is 1.17 bits per heavy atom. The number of rotatable bonds is 6. The van der Waals surface area contributed by atoms with Crippen LogP contribution in [0.3, 0.4) is 0 Å². The lowest BCUT2D eigenvalue weighted by molar-refractivity contribution is 0.397. The van der Waals surface area contributed by atoms with Crippen molar-refractivity contribution in [1.29, 1.82) is 0 Å². The Balaban J connectivity index is 0.00000288. The summed E-state index contributed by atoms with van der Waals surface area (Å²) in [6, 6.07) is 11.7. The molecule has 24 heavy (non-hydrogen) atoms. The van der Waals surface area contributed by atoms with Crippen LogP contribution in [0.15, 0.2) is 47.6 Å². The third-order valence-corrected chi connectivity index (χ3v) is 3.56. The van der Waals surface area contributed by atoms with E-state index in [1.807, 2.05) is 36.4 Å². The van der Waals surface area contributed by atoms with Crippen LogP contribution in [0.2, 0.25) is 5.02 Å². The van der Waals surface area contributed by atoms with Crippen molar-refractivity contribution in [3.8, 4) is 5.88 Å². The van der Waals surface area contributed by atoms with Crippen molar-refractivity contribution in [3.05, 3.63) is 58.7 Å². The van der Waals surface area contributed by atoms with Gasteiger partial charge in [0, 0.05) is 37.4 Å². The molecular formula is C17H22ClIN4O. The lowest BCUT2D eigenvalue weighted by Crippen LogP contribution is -2.37. The number of pyridine rings is 1. The molecular weight excluding hydrogens is 439 g/mol. The number of aromatic nitrogens is 1. The van der Waals surface area contributed by atoms with Crippen molar-refractivity contribution in [1.82, 2.24) is 15.6 Å². The number of nitrogens with one attached hydrogen (secondary N) is 2. The topological polar surface area (TPSA) is 58.5 Å². The normalized spacial score (nSPS) is 10.7. The van der Waals surface area contributed by atoms with Crippen LogP contribution in [0, 0.1) is 0 Å². The number of hydrogen-bond acceptors (Lipinski definition) is 3. The van der Waals surface area contributed by atoms with Gasteiger partial charge in [-0.1, -0.05) is 23.7 Å². The SMILES string of the molecule is CN=C(NCCc1ccc(Cl)cc1)NCc1ccnc(OC)c1.I. The number of hydrogen-bond donors (Lipinski definition) is 2. The summed E-state index contributed by atoms with van der Waals surface area (Å²) in [5.74, 6) is 1.37. The molecule has 130 valence electrons. The van der Waals surface area contributed by atoms with Gasteiger partial charge in [-0.05, 0) is 35.7 Å². The van der Waals surface area contributed by atoms with E-state index in [9.17, 15) is 0 Å². The molecule has 0 aliphatic rings. The molecule has 0 atom stereocenters. The van der Waals surface area contributed by atoms with Gasteiger partial charge in [0.25, 0.3) is 0 Å². The summed E-state index contributed by atoms with van der Waals surface area (Å²) in [5.41, 5.74) is 2.31. The van der Waals surface area contributed by atoms with Crippen LogP contribution in [0.1, 0.15) is 11.1 Å². The first kappa shape index (κ1) is 20.5. The van der Waals surface area contributed by atoms with Gasteiger partial charge in [-0.25, -0.2) is 4.98 Å². The Kier molecular flexibility index (Phi) is 9.48. The van der Waals surface area contributed by atoms with Gasteiger partial charge in [-0.3, -0.25) is 4.99 Å². The summed E-state index contributed by atoms with van der Waals surface area (Å²) in [6.45, 7) is 1.44. The van der Waals surface area contributed by atoms with Gasteiger partial charge in [-0.2, -0.15) is 0 Å². The maximum absolute atomic E-state index is 5.88. The summed E-state index contributed by atoms with van der Waals surface area (Å²) < 4.78 is 5.12. The molecule has 0 amide bonds. The number of aliphatic imine (C=N–C) groups is 1. The average Bonchev–Trinajstić information content (AvgIpc) is 2.59. The molecule has 1 heterocycles. The predicted octanol–water partition coefficient (Wildman–Crippen LogP) is 3.27. The van der Waals surface area contributed by atoms with Crippen LogP contribution in [-0.2, 0) is 13.0 Å². The Morgan fingerprint density at radius 3 is 2.58 bits per heavy atom. The smallest absolute Gasteiger partial charge is 0.213 e. The highest BCUT2D eigenvalue weighted by molar-refractivity contribution is 14.0. The quantitative estimate of drug-likeness (QED) is 0.395. The zero-order chi connectivity index (χ0) is 16.5. The second kappa shape index (κ2) is 11.1. The van der Waals surface area contributed by atoms with E-state index in [1.54, 1.807) is 20.4 Å². The fourth-order valence-electron chi connectivity index (χ4n) is 2.05. The highest BCUT2D eigenvalue weighted by Crippen LogP contribution is 2.09. The monoisotopic (exact) mass is 460 g/mol. The van der Waals surface area contributed by atoms with E-state index in [0.29, 0.717) is 12.4 Å². The Morgan fingerprint density at radius 2 is 1.92 bits per heavy atom. The summed E-state index contributed by atoms with van der Waals surface area (Å²) in [5, 5.41) is 7.31. The summed E-state index contributed by atoms with van der Waals surface area (Å²) in [6.07, 6.45) is 2.63. The molecule has 0 bridgehead atoms. The van der Waals surface area contributed by atoms with Gasteiger partial charge in [0.1, 0.15) is 0 Å². The second-order valence-electron chi connectivity index (χ2n) is 4.94. The van der Waals surface area contributed by atoms with E-state index in [2.05, 4.69) is 20.6 Å². The Bertz CT molecular complexity index is 649. The van der Waals surface area contributed by atoms with E-state index >= 15 is 0 Å². The minimum atomic E-state index is 0. The highest BCUT2D eigenvalue weighted by atomic mass is 127. The number of ether oxygens (including phenoxy) is 1. The summed E-state index contributed by atoms with van der Waals surface area (Å²) in [4.78, 5) is 8.31. The number of guanidine groups is 1. The third kappa shape index (κ3) is 6.92. The minimum Gasteiger partial charge on any atom is -0.481 e. The van der Waals surface area contributed by atoms with E-state index in [0.717, 1.165) is 29.5 Å². The first-order valence-electron chi connectivity index (χ1n) is 7.39. The molecule has 7 heteroatoms. The van der Waals surface area contributed by atoms with E-state index in [4.69, 9.17) is 16.3 Å². The van der Waals surface area contributed by atoms with Gasteiger partial charge >= 0.3 is 0 Å².